The zero-order valence-electron chi connectivity index (χ0n) is 7.62. The molecule has 6 nitrogen and oxygen atoms in total. The fourth-order valence-electron chi connectivity index (χ4n) is 0.997. The molecule has 0 radical (unpaired) electrons. The molecule has 1 aliphatic rings. The van der Waals surface area contributed by atoms with Crippen molar-refractivity contribution in [1.82, 2.24) is 0 Å². The molecule has 1 unspecified atom stereocenters. The summed E-state index contributed by atoms with van der Waals surface area (Å²) in [7, 11) is -4.58. The van der Waals surface area contributed by atoms with Gasteiger partial charge in [0.25, 0.3) is 0 Å². The molecule has 1 rings (SSSR count). The van der Waals surface area contributed by atoms with Crippen LogP contribution >= 0.6 is 0 Å². The van der Waals surface area contributed by atoms with Crippen molar-refractivity contribution in [1.29, 1.82) is 0 Å². The molecular weight excluding hydrogens is 217 g/mol. The molecule has 14 heavy (non-hydrogen) atoms. The van der Waals surface area contributed by atoms with E-state index in [2.05, 4.69) is 10.3 Å². The Morgan fingerprint density at radius 1 is 1.43 bits per heavy atom. The van der Waals surface area contributed by atoms with E-state index < -0.39 is 15.0 Å². The number of hydrogen-bond acceptors (Lipinski definition) is 5. The SMILES string of the molecule is NN=NC1(S(=O)(=O)[O-])C=CC=CC1.[Na+]. The third kappa shape index (κ3) is 2.64. The van der Waals surface area contributed by atoms with E-state index in [1.807, 2.05) is 0 Å². The van der Waals surface area contributed by atoms with E-state index in [0.29, 0.717) is 0 Å². The van der Waals surface area contributed by atoms with Gasteiger partial charge >= 0.3 is 29.6 Å². The van der Waals surface area contributed by atoms with Crippen LogP contribution in [0.4, 0.5) is 0 Å². The van der Waals surface area contributed by atoms with Crippen molar-refractivity contribution in [2.45, 2.75) is 11.3 Å². The van der Waals surface area contributed by atoms with E-state index >= 15 is 0 Å². The van der Waals surface area contributed by atoms with Crippen LogP contribution in [0.5, 0.6) is 0 Å². The summed E-state index contributed by atoms with van der Waals surface area (Å²) in [6, 6.07) is 0. The van der Waals surface area contributed by atoms with E-state index in [9.17, 15) is 13.0 Å². The van der Waals surface area contributed by atoms with Gasteiger partial charge in [-0.25, -0.2) is 8.42 Å². The molecule has 1 aliphatic carbocycles. The third-order valence-electron chi connectivity index (χ3n) is 1.67. The molecule has 8 heteroatoms. The van der Waals surface area contributed by atoms with Gasteiger partial charge in [0.2, 0.25) is 0 Å². The molecule has 0 aromatic rings. The molecule has 0 aromatic carbocycles. The van der Waals surface area contributed by atoms with Gasteiger partial charge in [-0.05, 0) is 6.08 Å². The molecule has 1 atom stereocenters. The molecule has 0 saturated heterocycles. The Kier molecular flexibility index (Phi) is 4.96. The van der Waals surface area contributed by atoms with Crippen molar-refractivity contribution >= 4 is 10.1 Å². The standard InChI is InChI=1S/C6H9N3O3S.Na/c7-9-8-6(13(10,11)12)4-2-1-3-5-6;/h1-4H,5H2,(H2,7,8)(H,10,11,12);/q;+1/p-1. The predicted molar refractivity (Wildman–Crippen MR) is 44.4 cm³/mol. The Balaban J connectivity index is 0.00000169. The van der Waals surface area contributed by atoms with Crippen molar-refractivity contribution in [3.8, 4) is 0 Å². The van der Waals surface area contributed by atoms with Gasteiger partial charge in [-0.2, -0.15) is 0 Å². The van der Waals surface area contributed by atoms with E-state index in [0.717, 1.165) is 0 Å². The Morgan fingerprint density at radius 2 is 2.07 bits per heavy atom. The summed E-state index contributed by atoms with van der Waals surface area (Å²) < 4.78 is 32.5. The summed E-state index contributed by atoms with van der Waals surface area (Å²) in [6.45, 7) is 0. The first kappa shape index (κ1) is 13.8. The van der Waals surface area contributed by atoms with Crippen LogP contribution in [0.15, 0.2) is 34.6 Å². The maximum atomic E-state index is 10.8. The van der Waals surface area contributed by atoms with Gasteiger partial charge in [-0.15, -0.1) is 5.11 Å². The van der Waals surface area contributed by atoms with Crippen molar-refractivity contribution in [2.24, 2.45) is 16.2 Å². The number of hydrogen-bond donors (Lipinski definition) is 1. The maximum absolute atomic E-state index is 10.8. The monoisotopic (exact) mass is 225 g/mol. The zero-order valence-corrected chi connectivity index (χ0v) is 10.4. The summed E-state index contributed by atoms with van der Waals surface area (Å²) in [5.41, 5.74) is 0. The van der Waals surface area contributed by atoms with Gasteiger partial charge in [0.1, 0.15) is 10.1 Å². The zero-order chi connectivity index (χ0) is 9.95. The molecule has 0 aliphatic heterocycles. The second-order valence-corrected chi connectivity index (χ2v) is 4.12. The molecule has 0 saturated carbocycles. The van der Waals surface area contributed by atoms with E-state index in [1.54, 1.807) is 6.08 Å². The van der Waals surface area contributed by atoms with E-state index in [1.165, 1.54) is 18.2 Å². The van der Waals surface area contributed by atoms with Crippen LogP contribution in [0.3, 0.4) is 0 Å². The molecule has 0 aromatic heterocycles. The summed E-state index contributed by atoms with van der Waals surface area (Å²) >= 11 is 0. The average Bonchev–Trinajstić information content (AvgIpc) is 2.04. The van der Waals surface area contributed by atoms with E-state index in [-0.39, 0.29) is 36.0 Å². The third-order valence-corrected chi connectivity index (χ3v) is 2.92. The molecule has 0 heterocycles. The number of rotatable bonds is 2. The molecule has 0 fully saturated rings. The summed E-state index contributed by atoms with van der Waals surface area (Å²) in [5, 5.41) is 6.11. The molecule has 0 bridgehead atoms. The summed E-state index contributed by atoms with van der Waals surface area (Å²) in [4.78, 5) is -1.85. The van der Waals surface area contributed by atoms with Gasteiger partial charge < -0.3 is 10.4 Å². The first-order chi connectivity index (χ1) is 6.02. The van der Waals surface area contributed by atoms with Crippen LogP contribution in [0.1, 0.15) is 6.42 Å². The van der Waals surface area contributed by atoms with Gasteiger partial charge in [0.05, 0.1) is 0 Å². The van der Waals surface area contributed by atoms with Crippen molar-refractivity contribution in [3.63, 3.8) is 0 Å². The smallest absolute Gasteiger partial charge is 0.746 e. The number of nitrogens with zero attached hydrogens (tertiary/aromatic N) is 2. The molecule has 0 spiro atoms. The Bertz CT molecular complexity index is 376. The topological polar surface area (TPSA) is 108 Å². The van der Waals surface area contributed by atoms with Crippen LogP contribution < -0.4 is 35.4 Å². The van der Waals surface area contributed by atoms with Crippen molar-refractivity contribution in [2.75, 3.05) is 0 Å². The van der Waals surface area contributed by atoms with Gasteiger partial charge in [0, 0.05) is 6.42 Å². The van der Waals surface area contributed by atoms with Gasteiger partial charge in [-0.1, -0.05) is 23.5 Å². The average molecular weight is 225 g/mol. The van der Waals surface area contributed by atoms with Gasteiger partial charge in [-0.3, -0.25) is 0 Å². The molecule has 2 N–H and O–H groups in total. The van der Waals surface area contributed by atoms with E-state index in [4.69, 9.17) is 5.84 Å². The second-order valence-electron chi connectivity index (χ2n) is 2.51. The van der Waals surface area contributed by atoms with Crippen molar-refractivity contribution < 1.29 is 42.5 Å². The molecule has 0 amide bonds. The van der Waals surface area contributed by atoms with Crippen LogP contribution in [-0.4, -0.2) is 17.8 Å². The Hall–Kier alpha value is -0.210. The fourth-order valence-corrected chi connectivity index (χ4v) is 1.69. The summed E-state index contributed by atoms with van der Waals surface area (Å²) in [6.07, 6.45) is 5.70. The van der Waals surface area contributed by atoms with Crippen LogP contribution in [0.2, 0.25) is 0 Å². The minimum Gasteiger partial charge on any atom is -0.746 e. The molecule has 72 valence electrons. The summed E-state index contributed by atoms with van der Waals surface area (Å²) in [5.74, 6) is 4.74. The second kappa shape index (κ2) is 5.04. The normalized spacial score (nSPS) is 26.4. The Labute approximate surface area is 104 Å². The van der Waals surface area contributed by atoms with Crippen LogP contribution in [-0.2, 0) is 10.1 Å². The minimum absolute atomic E-state index is 0. The first-order valence-electron chi connectivity index (χ1n) is 3.44. The quantitative estimate of drug-likeness (QED) is 0.178. The van der Waals surface area contributed by atoms with Crippen LogP contribution in [0, 0.1) is 0 Å². The Morgan fingerprint density at radius 3 is 2.43 bits per heavy atom. The number of allylic oxidation sites excluding steroid dienone is 2. The molecular formula is C6H8N3NaO3S. The number of nitrogens with two attached hydrogens (primary N) is 1. The van der Waals surface area contributed by atoms with Crippen LogP contribution in [0.25, 0.3) is 0 Å². The first-order valence-corrected chi connectivity index (χ1v) is 4.84. The van der Waals surface area contributed by atoms with Crippen molar-refractivity contribution in [3.05, 3.63) is 24.3 Å². The fraction of sp³-hybridized carbons (Fsp3) is 0.333. The van der Waals surface area contributed by atoms with Gasteiger partial charge in [0.15, 0.2) is 4.87 Å². The maximum Gasteiger partial charge on any atom is 1.00 e. The largest absolute Gasteiger partial charge is 1.00 e. The predicted octanol–water partition coefficient (Wildman–Crippen LogP) is -2.93. The minimum atomic E-state index is -4.58.